The second kappa shape index (κ2) is 2.88. The van der Waals surface area contributed by atoms with Gasteiger partial charge in [0.2, 0.25) is 0 Å². The summed E-state index contributed by atoms with van der Waals surface area (Å²) in [6, 6.07) is 8.19. The lowest BCUT2D eigenvalue weighted by Crippen LogP contribution is -1.80. The SMILES string of the molecule is Nc1ncc(-c2cccc3cc[nH]c23)o1. The summed E-state index contributed by atoms with van der Waals surface area (Å²) in [4.78, 5) is 7.05. The summed E-state index contributed by atoms with van der Waals surface area (Å²) < 4.78 is 5.29. The fourth-order valence-corrected chi connectivity index (χ4v) is 1.70. The highest BCUT2D eigenvalue weighted by molar-refractivity contribution is 5.92. The highest BCUT2D eigenvalue weighted by Gasteiger charge is 2.08. The Balaban J connectivity index is 2.30. The predicted molar refractivity (Wildman–Crippen MR) is 58.2 cm³/mol. The van der Waals surface area contributed by atoms with Gasteiger partial charge in [0.15, 0.2) is 5.76 Å². The van der Waals surface area contributed by atoms with E-state index in [1.165, 1.54) is 0 Å². The maximum Gasteiger partial charge on any atom is 0.292 e. The summed E-state index contributed by atoms with van der Waals surface area (Å²) in [5.41, 5.74) is 7.46. The predicted octanol–water partition coefficient (Wildman–Crippen LogP) is 2.41. The Morgan fingerprint density at radius 2 is 2.20 bits per heavy atom. The molecular weight excluding hydrogens is 190 g/mol. The van der Waals surface area contributed by atoms with Gasteiger partial charge in [-0.25, -0.2) is 4.98 Å². The molecule has 0 aliphatic heterocycles. The molecular formula is C11H9N3O. The number of para-hydroxylation sites is 1. The number of hydrogen-bond donors (Lipinski definition) is 2. The average molecular weight is 199 g/mol. The molecule has 3 aromatic rings. The number of rotatable bonds is 1. The topological polar surface area (TPSA) is 67.8 Å². The normalized spacial score (nSPS) is 10.9. The van der Waals surface area contributed by atoms with Gasteiger partial charge in [0.1, 0.15) is 0 Å². The van der Waals surface area contributed by atoms with Crippen LogP contribution in [0.3, 0.4) is 0 Å². The molecule has 2 heterocycles. The van der Waals surface area contributed by atoms with Crippen LogP contribution in [-0.4, -0.2) is 9.97 Å². The minimum Gasteiger partial charge on any atom is -0.424 e. The second-order valence-corrected chi connectivity index (χ2v) is 3.31. The fraction of sp³-hybridized carbons (Fsp3) is 0. The number of oxazole rings is 1. The summed E-state index contributed by atoms with van der Waals surface area (Å²) in [6.07, 6.45) is 3.53. The van der Waals surface area contributed by atoms with Crippen LogP contribution in [0, 0.1) is 0 Å². The fourth-order valence-electron chi connectivity index (χ4n) is 1.70. The first kappa shape index (κ1) is 8.11. The molecule has 0 radical (unpaired) electrons. The molecule has 4 heteroatoms. The Kier molecular flexibility index (Phi) is 1.56. The zero-order chi connectivity index (χ0) is 10.3. The Morgan fingerprint density at radius 1 is 1.27 bits per heavy atom. The van der Waals surface area contributed by atoms with E-state index < -0.39 is 0 Å². The maximum atomic E-state index is 5.45. The van der Waals surface area contributed by atoms with Gasteiger partial charge in [-0.3, -0.25) is 0 Å². The van der Waals surface area contributed by atoms with E-state index in [2.05, 4.69) is 9.97 Å². The van der Waals surface area contributed by atoms with Crippen LogP contribution < -0.4 is 5.73 Å². The van der Waals surface area contributed by atoms with Gasteiger partial charge in [-0.05, 0) is 12.1 Å². The van der Waals surface area contributed by atoms with Gasteiger partial charge in [-0.2, -0.15) is 0 Å². The van der Waals surface area contributed by atoms with Crippen LogP contribution in [0.2, 0.25) is 0 Å². The molecule has 0 spiro atoms. The summed E-state index contributed by atoms with van der Waals surface area (Å²) in [6.45, 7) is 0. The number of aromatic nitrogens is 2. The first-order valence-corrected chi connectivity index (χ1v) is 4.62. The number of fused-ring (bicyclic) bond motifs is 1. The van der Waals surface area contributed by atoms with Gasteiger partial charge in [-0.15, -0.1) is 0 Å². The molecule has 0 saturated heterocycles. The lowest BCUT2D eigenvalue weighted by molar-refractivity contribution is 0.595. The van der Waals surface area contributed by atoms with Gasteiger partial charge in [-0.1, -0.05) is 12.1 Å². The molecule has 0 amide bonds. The van der Waals surface area contributed by atoms with Crippen molar-refractivity contribution in [1.29, 1.82) is 0 Å². The van der Waals surface area contributed by atoms with E-state index in [0.29, 0.717) is 5.76 Å². The number of nitrogens with two attached hydrogens (primary N) is 1. The van der Waals surface area contributed by atoms with Gasteiger partial charge in [0, 0.05) is 17.1 Å². The number of hydrogen-bond acceptors (Lipinski definition) is 3. The van der Waals surface area contributed by atoms with Crippen molar-refractivity contribution in [2.45, 2.75) is 0 Å². The van der Waals surface area contributed by atoms with Gasteiger partial charge >= 0.3 is 0 Å². The Morgan fingerprint density at radius 3 is 3.00 bits per heavy atom. The van der Waals surface area contributed by atoms with E-state index in [0.717, 1.165) is 16.5 Å². The quantitative estimate of drug-likeness (QED) is 0.632. The molecule has 3 rings (SSSR count). The third-order valence-electron chi connectivity index (χ3n) is 2.38. The Bertz CT molecular complexity index is 609. The maximum absolute atomic E-state index is 5.45. The standard InChI is InChI=1S/C11H9N3O/c12-11-14-6-9(15-11)8-3-1-2-7-4-5-13-10(7)8/h1-6,13H,(H2,12,14). The number of benzene rings is 1. The molecule has 15 heavy (non-hydrogen) atoms. The van der Waals surface area contributed by atoms with Crippen LogP contribution in [0.25, 0.3) is 22.2 Å². The van der Waals surface area contributed by atoms with Crippen molar-refractivity contribution in [3.05, 3.63) is 36.7 Å². The molecule has 0 saturated carbocycles. The lowest BCUT2D eigenvalue weighted by Gasteiger charge is -1.97. The summed E-state index contributed by atoms with van der Waals surface area (Å²) in [5.74, 6) is 0.681. The monoisotopic (exact) mass is 199 g/mol. The highest BCUT2D eigenvalue weighted by Crippen LogP contribution is 2.28. The number of anilines is 1. The van der Waals surface area contributed by atoms with E-state index in [1.807, 2.05) is 30.5 Å². The van der Waals surface area contributed by atoms with Crippen LogP contribution in [0.15, 0.2) is 41.1 Å². The summed E-state index contributed by atoms with van der Waals surface area (Å²) >= 11 is 0. The van der Waals surface area contributed by atoms with Crippen molar-refractivity contribution in [3.63, 3.8) is 0 Å². The molecule has 0 fully saturated rings. The van der Waals surface area contributed by atoms with E-state index in [4.69, 9.17) is 10.2 Å². The third-order valence-corrected chi connectivity index (χ3v) is 2.38. The molecule has 3 N–H and O–H groups in total. The largest absolute Gasteiger partial charge is 0.424 e. The van der Waals surface area contributed by atoms with Crippen molar-refractivity contribution in [2.75, 3.05) is 5.73 Å². The van der Waals surface area contributed by atoms with Crippen molar-refractivity contribution in [2.24, 2.45) is 0 Å². The number of aromatic amines is 1. The smallest absolute Gasteiger partial charge is 0.292 e. The van der Waals surface area contributed by atoms with Gasteiger partial charge in [0.25, 0.3) is 6.01 Å². The number of nitrogen functional groups attached to an aromatic ring is 1. The van der Waals surface area contributed by atoms with E-state index in [-0.39, 0.29) is 6.01 Å². The number of H-pyrrole nitrogens is 1. The highest BCUT2D eigenvalue weighted by atomic mass is 16.4. The van der Waals surface area contributed by atoms with Crippen LogP contribution in [-0.2, 0) is 0 Å². The molecule has 1 aromatic carbocycles. The van der Waals surface area contributed by atoms with E-state index in [1.54, 1.807) is 6.20 Å². The first-order valence-electron chi connectivity index (χ1n) is 4.62. The number of nitrogens with zero attached hydrogens (tertiary/aromatic N) is 1. The Labute approximate surface area is 85.7 Å². The van der Waals surface area contributed by atoms with Crippen LogP contribution >= 0.6 is 0 Å². The van der Waals surface area contributed by atoms with Crippen LogP contribution in [0.4, 0.5) is 6.01 Å². The van der Waals surface area contributed by atoms with Crippen LogP contribution in [0.1, 0.15) is 0 Å². The third kappa shape index (κ3) is 1.19. The Hall–Kier alpha value is -2.23. The summed E-state index contributed by atoms with van der Waals surface area (Å²) in [7, 11) is 0. The first-order chi connectivity index (χ1) is 7.34. The molecule has 0 aliphatic rings. The lowest BCUT2D eigenvalue weighted by atomic mass is 10.1. The van der Waals surface area contributed by atoms with Crippen molar-refractivity contribution >= 4 is 16.9 Å². The molecule has 0 unspecified atom stereocenters. The summed E-state index contributed by atoms with van der Waals surface area (Å²) in [5, 5.41) is 1.14. The van der Waals surface area contributed by atoms with Crippen molar-refractivity contribution < 1.29 is 4.42 Å². The zero-order valence-corrected chi connectivity index (χ0v) is 7.90. The molecule has 0 bridgehead atoms. The molecule has 0 aliphatic carbocycles. The number of nitrogens with one attached hydrogen (secondary N) is 1. The van der Waals surface area contributed by atoms with Gasteiger partial charge in [0.05, 0.1) is 11.7 Å². The molecule has 2 aromatic heterocycles. The molecule has 4 nitrogen and oxygen atoms in total. The second-order valence-electron chi connectivity index (χ2n) is 3.31. The minimum atomic E-state index is 0.188. The van der Waals surface area contributed by atoms with E-state index in [9.17, 15) is 0 Å². The van der Waals surface area contributed by atoms with Gasteiger partial charge < -0.3 is 15.1 Å². The van der Waals surface area contributed by atoms with Crippen molar-refractivity contribution in [3.8, 4) is 11.3 Å². The average Bonchev–Trinajstić information content (AvgIpc) is 2.84. The minimum absolute atomic E-state index is 0.188. The molecule has 74 valence electrons. The van der Waals surface area contributed by atoms with Crippen molar-refractivity contribution in [1.82, 2.24) is 9.97 Å². The zero-order valence-electron chi connectivity index (χ0n) is 7.90. The molecule has 0 atom stereocenters. The van der Waals surface area contributed by atoms with E-state index >= 15 is 0 Å². The van der Waals surface area contributed by atoms with Crippen LogP contribution in [0.5, 0.6) is 0 Å².